The Morgan fingerprint density at radius 1 is 1.06 bits per heavy atom. The molecule has 182 valence electrons. The van der Waals surface area contributed by atoms with E-state index in [1.54, 1.807) is 30.3 Å². The number of nitrogens with one attached hydrogen (secondary N) is 1. The predicted octanol–water partition coefficient (Wildman–Crippen LogP) is 2.16. The summed E-state index contributed by atoms with van der Waals surface area (Å²) < 4.78 is 8.92. The zero-order valence-corrected chi connectivity index (χ0v) is 20.1. The van der Waals surface area contributed by atoms with Crippen LogP contribution < -0.4 is 21.3 Å². The average molecular weight is 478 g/mol. The number of hydrogen-bond acceptors (Lipinski definition) is 6. The Labute approximate surface area is 200 Å². The molecule has 0 spiro atoms. The highest BCUT2D eigenvalue weighted by Gasteiger charge is 2.19. The van der Waals surface area contributed by atoms with E-state index in [0.29, 0.717) is 23.5 Å². The number of carbonyl (C=O) groups is 2. The third-order valence-electron chi connectivity index (χ3n) is 5.93. The van der Waals surface area contributed by atoms with Crippen LogP contribution in [0.2, 0.25) is 0 Å². The summed E-state index contributed by atoms with van der Waals surface area (Å²) in [7, 11) is 1.51. The summed E-state index contributed by atoms with van der Waals surface area (Å²) in [5, 5.41) is 7.40. The van der Waals surface area contributed by atoms with Gasteiger partial charge in [-0.1, -0.05) is 6.92 Å². The lowest BCUT2D eigenvalue weighted by molar-refractivity contribution is 0.0937. The lowest BCUT2D eigenvalue weighted by Gasteiger charge is -2.12. The summed E-state index contributed by atoms with van der Waals surface area (Å²) in [5.74, 6) is 0.0951. The van der Waals surface area contributed by atoms with E-state index in [2.05, 4.69) is 10.4 Å². The number of ketones is 1. The van der Waals surface area contributed by atoms with Crippen molar-refractivity contribution in [2.24, 2.45) is 7.05 Å². The molecule has 0 aliphatic rings. The minimum Gasteiger partial charge on any atom is -0.494 e. The fourth-order valence-electron chi connectivity index (χ4n) is 3.78. The van der Waals surface area contributed by atoms with Crippen molar-refractivity contribution in [1.29, 1.82) is 0 Å². The molecule has 2 aromatic heterocycles. The highest BCUT2D eigenvalue weighted by molar-refractivity contribution is 5.98. The van der Waals surface area contributed by atoms with Crippen molar-refractivity contribution in [2.75, 3.05) is 6.61 Å². The number of rotatable bonds is 8. The van der Waals surface area contributed by atoms with E-state index in [1.165, 1.54) is 28.1 Å². The van der Waals surface area contributed by atoms with Gasteiger partial charge in [0.05, 0.1) is 17.5 Å². The van der Waals surface area contributed by atoms with Crippen LogP contribution in [0.15, 0.2) is 52.1 Å². The lowest BCUT2D eigenvalue weighted by Crippen LogP contribution is -2.32. The molecular formula is C25H27N5O5. The van der Waals surface area contributed by atoms with Crippen molar-refractivity contribution in [3.63, 3.8) is 0 Å². The fraction of sp³-hybridized carbons (Fsp3) is 0.320. The lowest BCUT2D eigenvalue weighted by atomic mass is 10.1. The van der Waals surface area contributed by atoms with Crippen LogP contribution in [0.3, 0.4) is 0 Å². The van der Waals surface area contributed by atoms with Crippen molar-refractivity contribution < 1.29 is 14.3 Å². The van der Waals surface area contributed by atoms with Crippen LogP contribution in [-0.2, 0) is 13.6 Å². The van der Waals surface area contributed by atoms with Crippen LogP contribution in [0.5, 0.6) is 5.75 Å². The Hall–Kier alpha value is -4.21. The maximum atomic E-state index is 13.3. The first-order valence-corrected chi connectivity index (χ1v) is 11.4. The topological polar surface area (TPSA) is 117 Å². The van der Waals surface area contributed by atoms with E-state index in [9.17, 15) is 19.2 Å². The number of aryl methyl sites for hydroxylation is 1. The Kier molecular flexibility index (Phi) is 6.54. The zero-order chi connectivity index (χ0) is 25.3. The van der Waals surface area contributed by atoms with E-state index < -0.39 is 5.69 Å². The normalized spacial score (nSPS) is 12.1. The molecule has 0 bridgehead atoms. The predicted molar refractivity (Wildman–Crippen MR) is 131 cm³/mol. The average Bonchev–Trinajstić information content (AvgIpc) is 3.18. The highest BCUT2D eigenvalue weighted by atomic mass is 16.5. The second-order valence-corrected chi connectivity index (χ2v) is 8.34. The van der Waals surface area contributed by atoms with Crippen LogP contribution in [0, 0.1) is 0 Å². The fourth-order valence-corrected chi connectivity index (χ4v) is 3.78. The molecule has 0 aliphatic carbocycles. The number of amides is 1. The summed E-state index contributed by atoms with van der Waals surface area (Å²) in [5.41, 5.74) is 0.0260. The maximum absolute atomic E-state index is 13.3. The van der Waals surface area contributed by atoms with E-state index >= 15 is 0 Å². The number of Topliss-reactive ketones (excluding diaryl/α,β-unsaturated/α-hetero) is 1. The summed E-state index contributed by atoms with van der Waals surface area (Å²) in [6.45, 7) is 5.92. The molecule has 1 amide bonds. The monoisotopic (exact) mass is 477 g/mol. The molecule has 35 heavy (non-hydrogen) atoms. The van der Waals surface area contributed by atoms with Gasteiger partial charge >= 0.3 is 5.69 Å². The first kappa shape index (κ1) is 23.9. The molecule has 1 atom stereocenters. The summed E-state index contributed by atoms with van der Waals surface area (Å²) in [6.07, 6.45) is 0.763. The molecule has 10 heteroatoms. The number of nitrogens with zero attached hydrogens (tertiary/aromatic N) is 4. The Morgan fingerprint density at radius 3 is 2.40 bits per heavy atom. The van der Waals surface area contributed by atoms with Gasteiger partial charge in [0.25, 0.3) is 11.5 Å². The number of aromatic nitrogens is 4. The van der Waals surface area contributed by atoms with Gasteiger partial charge in [-0.3, -0.25) is 19.0 Å². The van der Waals surface area contributed by atoms with Crippen molar-refractivity contribution in [3.05, 3.63) is 74.4 Å². The van der Waals surface area contributed by atoms with E-state index in [1.807, 2.05) is 20.8 Å². The number of benzene rings is 2. The molecule has 2 aromatic carbocycles. The first-order chi connectivity index (χ1) is 16.7. The minimum absolute atomic E-state index is 0.0269. The van der Waals surface area contributed by atoms with Gasteiger partial charge in [0, 0.05) is 24.2 Å². The summed E-state index contributed by atoms with van der Waals surface area (Å²) >= 11 is 0. The molecule has 0 saturated carbocycles. The molecule has 4 aromatic rings. The SMILES string of the molecule is CCOc1ccc(C(=O)Cn2nc3n(C)c(=O)c4ccc(C(=O)NC(C)CC)cc4n3c2=O)cc1. The quantitative estimate of drug-likeness (QED) is 0.389. The van der Waals surface area contributed by atoms with Crippen LogP contribution in [0.4, 0.5) is 0 Å². The van der Waals surface area contributed by atoms with Gasteiger partial charge in [-0.05, 0) is 62.7 Å². The summed E-state index contributed by atoms with van der Waals surface area (Å²) in [6, 6.07) is 11.2. The molecular weight excluding hydrogens is 450 g/mol. The Balaban J connectivity index is 1.78. The standard InChI is InChI=1S/C25H27N5O5/c1-5-15(3)26-22(32)17-9-12-19-20(13-17)30-24(28(4)23(19)33)27-29(25(30)34)14-21(31)16-7-10-18(11-8-16)35-6-2/h7-13,15H,5-6,14H2,1-4H3,(H,26,32). The molecule has 0 radical (unpaired) electrons. The number of hydrogen-bond donors (Lipinski definition) is 1. The van der Waals surface area contributed by atoms with Crippen molar-refractivity contribution in [2.45, 2.75) is 39.8 Å². The molecule has 0 aliphatic heterocycles. The second kappa shape index (κ2) is 9.57. The van der Waals surface area contributed by atoms with E-state index in [-0.39, 0.29) is 46.5 Å². The van der Waals surface area contributed by atoms with Crippen LogP contribution >= 0.6 is 0 Å². The number of fused-ring (bicyclic) bond motifs is 3. The zero-order valence-electron chi connectivity index (χ0n) is 20.1. The highest BCUT2D eigenvalue weighted by Crippen LogP contribution is 2.15. The van der Waals surface area contributed by atoms with Crippen molar-refractivity contribution >= 4 is 28.4 Å². The molecule has 1 unspecified atom stereocenters. The van der Waals surface area contributed by atoms with Gasteiger partial charge in [0.15, 0.2) is 5.78 Å². The van der Waals surface area contributed by atoms with E-state index in [0.717, 1.165) is 11.1 Å². The van der Waals surface area contributed by atoms with Gasteiger partial charge in [-0.2, -0.15) is 0 Å². The Morgan fingerprint density at radius 2 is 1.74 bits per heavy atom. The molecule has 10 nitrogen and oxygen atoms in total. The van der Waals surface area contributed by atoms with Gasteiger partial charge in [-0.15, -0.1) is 5.10 Å². The molecule has 2 heterocycles. The van der Waals surface area contributed by atoms with Crippen molar-refractivity contribution in [1.82, 2.24) is 24.1 Å². The third-order valence-corrected chi connectivity index (χ3v) is 5.93. The second-order valence-electron chi connectivity index (χ2n) is 8.34. The van der Waals surface area contributed by atoms with Gasteiger partial charge in [0.1, 0.15) is 12.3 Å². The molecule has 0 saturated heterocycles. The first-order valence-electron chi connectivity index (χ1n) is 11.4. The third kappa shape index (κ3) is 4.46. The minimum atomic E-state index is -0.584. The molecule has 0 fully saturated rings. The summed E-state index contributed by atoms with van der Waals surface area (Å²) in [4.78, 5) is 51.7. The maximum Gasteiger partial charge on any atom is 0.352 e. The van der Waals surface area contributed by atoms with Crippen LogP contribution in [0.1, 0.15) is 47.9 Å². The number of carbonyl (C=O) groups excluding carboxylic acids is 2. The molecule has 4 rings (SSSR count). The van der Waals surface area contributed by atoms with Gasteiger partial charge in [0.2, 0.25) is 5.78 Å². The van der Waals surface area contributed by atoms with E-state index in [4.69, 9.17) is 4.74 Å². The smallest absolute Gasteiger partial charge is 0.352 e. The van der Waals surface area contributed by atoms with Gasteiger partial charge in [-0.25, -0.2) is 13.9 Å². The molecule has 1 N–H and O–H groups in total. The Bertz CT molecular complexity index is 1550. The van der Waals surface area contributed by atoms with Crippen LogP contribution in [0.25, 0.3) is 16.7 Å². The van der Waals surface area contributed by atoms with Crippen LogP contribution in [-0.4, -0.2) is 43.1 Å². The largest absolute Gasteiger partial charge is 0.494 e. The van der Waals surface area contributed by atoms with Crippen molar-refractivity contribution in [3.8, 4) is 5.75 Å². The number of ether oxygens (including phenoxy) is 1. The van der Waals surface area contributed by atoms with Gasteiger partial charge < -0.3 is 10.1 Å².